The summed E-state index contributed by atoms with van der Waals surface area (Å²) in [5, 5.41) is 11.6. The van der Waals surface area contributed by atoms with Crippen molar-refractivity contribution in [3.05, 3.63) is 53.6 Å². The molecule has 2 aromatic carbocycles. The molecule has 5 heteroatoms. The van der Waals surface area contributed by atoms with Crippen molar-refractivity contribution in [1.82, 2.24) is 0 Å². The van der Waals surface area contributed by atoms with E-state index in [2.05, 4.69) is 5.32 Å². The molecule has 0 fully saturated rings. The van der Waals surface area contributed by atoms with Crippen molar-refractivity contribution in [2.24, 2.45) is 5.73 Å². The van der Waals surface area contributed by atoms with Crippen LogP contribution in [0.25, 0.3) is 11.1 Å². The van der Waals surface area contributed by atoms with Gasteiger partial charge in [0, 0.05) is 5.69 Å². The maximum Gasteiger partial charge on any atom is 0.320 e. The highest BCUT2D eigenvalue weighted by molar-refractivity contribution is 5.99. The predicted octanol–water partition coefficient (Wildman–Crippen LogP) is 1.80. The van der Waals surface area contributed by atoms with Crippen LogP contribution < -0.4 is 11.1 Å². The molecule has 2 aromatic rings. The molecule has 0 radical (unpaired) electrons. The van der Waals surface area contributed by atoms with Gasteiger partial charge in [-0.3, -0.25) is 9.59 Å². The van der Waals surface area contributed by atoms with Crippen LogP contribution in [0, 0.1) is 0 Å². The van der Waals surface area contributed by atoms with E-state index < -0.39 is 12.0 Å². The molecule has 0 aromatic heterocycles. The molecular formula is C17H16N2O3. The van der Waals surface area contributed by atoms with Crippen LogP contribution in [0.5, 0.6) is 0 Å². The summed E-state index contributed by atoms with van der Waals surface area (Å²) >= 11 is 0. The van der Waals surface area contributed by atoms with Gasteiger partial charge in [0.25, 0.3) is 0 Å². The number of nitrogens with two attached hydrogens (primary N) is 1. The van der Waals surface area contributed by atoms with Gasteiger partial charge in [-0.2, -0.15) is 0 Å². The van der Waals surface area contributed by atoms with E-state index >= 15 is 0 Å². The second kappa shape index (κ2) is 5.61. The summed E-state index contributed by atoms with van der Waals surface area (Å²) in [5.41, 5.74) is 10.3. The number of carboxylic acid groups (broad SMARTS) is 1. The van der Waals surface area contributed by atoms with E-state index in [1.54, 1.807) is 0 Å². The zero-order valence-electron chi connectivity index (χ0n) is 11.9. The Morgan fingerprint density at radius 2 is 1.86 bits per heavy atom. The number of hydrogen-bond donors (Lipinski definition) is 3. The highest BCUT2D eigenvalue weighted by Crippen LogP contribution is 2.29. The molecule has 0 spiro atoms. The Labute approximate surface area is 127 Å². The Hall–Kier alpha value is -2.66. The van der Waals surface area contributed by atoms with Crippen molar-refractivity contribution >= 4 is 17.6 Å². The van der Waals surface area contributed by atoms with Gasteiger partial charge in [-0.05, 0) is 40.8 Å². The number of anilines is 1. The number of rotatable bonds is 4. The van der Waals surface area contributed by atoms with Gasteiger partial charge in [0.2, 0.25) is 5.91 Å². The Morgan fingerprint density at radius 1 is 1.18 bits per heavy atom. The Balaban J connectivity index is 1.80. The smallest absolute Gasteiger partial charge is 0.320 e. The normalized spacial score (nSPS) is 14.3. The molecule has 0 saturated carbocycles. The predicted molar refractivity (Wildman–Crippen MR) is 83.5 cm³/mol. The molecule has 0 bridgehead atoms. The van der Waals surface area contributed by atoms with Crippen LogP contribution in [0.3, 0.4) is 0 Å². The molecule has 0 unspecified atom stereocenters. The Kier molecular flexibility index (Phi) is 3.65. The quantitative estimate of drug-likeness (QED) is 0.802. The van der Waals surface area contributed by atoms with Crippen molar-refractivity contribution < 1.29 is 14.7 Å². The van der Waals surface area contributed by atoms with E-state index in [4.69, 9.17) is 10.8 Å². The molecule has 1 amide bonds. The van der Waals surface area contributed by atoms with Crippen LogP contribution in [-0.4, -0.2) is 23.0 Å². The fourth-order valence-electron chi connectivity index (χ4n) is 2.58. The minimum atomic E-state index is -1.00. The molecule has 22 heavy (non-hydrogen) atoms. The second-order valence-corrected chi connectivity index (χ2v) is 5.44. The SMILES string of the molecule is N[C@@H](Cc1ccc(-c2ccc3c(c2)CC(=O)N3)cc1)C(=O)O. The lowest BCUT2D eigenvalue weighted by Crippen LogP contribution is -2.32. The number of fused-ring (bicyclic) bond motifs is 1. The topological polar surface area (TPSA) is 92.4 Å². The summed E-state index contributed by atoms with van der Waals surface area (Å²) in [6, 6.07) is 12.6. The van der Waals surface area contributed by atoms with E-state index in [1.807, 2.05) is 42.5 Å². The van der Waals surface area contributed by atoms with Crippen LogP contribution in [-0.2, 0) is 22.4 Å². The van der Waals surface area contributed by atoms with Gasteiger partial charge in [-0.1, -0.05) is 30.3 Å². The molecule has 112 valence electrons. The summed E-state index contributed by atoms with van der Waals surface area (Å²) in [6.45, 7) is 0. The maximum atomic E-state index is 11.4. The first-order valence-corrected chi connectivity index (χ1v) is 7.03. The lowest BCUT2D eigenvalue weighted by atomic mass is 9.99. The van der Waals surface area contributed by atoms with Gasteiger partial charge in [-0.15, -0.1) is 0 Å². The van der Waals surface area contributed by atoms with Crippen LogP contribution in [0.2, 0.25) is 0 Å². The average molecular weight is 296 g/mol. The summed E-state index contributed by atoms with van der Waals surface area (Å²) in [4.78, 5) is 22.1. The Morgan fingerprint density at radius 3 is 2.55 bits per heavy atom. The first-order chi connectivity index (χ1) is 10.5. The van der Waals surface area contributed by atoms with E-state index in [9.17, 15) is 9.59 Å². The summed E-state index contributed by atoms with van der Waals surface area (Å²) in [5.74, 6) is -0.981. The standard InChI is InChI=1S/C17H16N2O3/c18-14(17(21)22)7-10-1-3-11(4-2-10)12-5-6-15-13(8-12)9-16(20)19-15/h1-6,8,14H,7,9,18H2,(H,19,20)(H,21,22)/t14-/m0/s1. The number of aliphatic carboxylic acids is 1. The third-order valence-corrected chi connectivity index (χ3v) is 3.79. The first-order valence-electron chi connectivity index (χ1n) is 7.03. The van der Waals surface area contributed by atoms with Crippen LogP contribution in [0.15, 0.2) is 42.5 Å². The number of carboxylic acids is 1. The Bertz CT molecular complexity index is 738. The molecule has 5 nitrogen and oxygen atoms in total. The maximum absolute atomic E-state index is 11.4. The summed E-state index contributed by atoms with van der Waals surface area (Å²) in [6.07, 6.45) is 0.715. The molecule has 1 aliphatic heterocycles. The lowest BCUT2D eigenvalue weighted by Gasteiger charge is -2.08. The molecule has 1 atom stereocenters. The monoisotopic (exact) mass is 296 g/mol. The van der Waals surface area contributed by atoms with Gasteiger partial charge >= 0.3 is 5.97 Å². The second-order valence-electron chi connectivity index (χ2n) is 5.44. The van der Waals surface area contributed by atoms with Gasteiger partial charge in [0.15, 0.2) is 0 Å². The molecule has 1 aliphatic rings. The van der Waals surface area contributed by atoms with Crippen LogP contribution in [0.4, 0.5) is 5.69 Å². The van der Waals surface area contributed by atoms with Crippen molar-refractivity contribution in [1.29, 1.82) is 0 Å². The summed E-state index contributed by atoms with van der Waals surface area (Å²) in [7, 11) is 0. The first kappa shape index (κ1) is 14.3. The van der Waals surface area contributed by atoms with Gasteiger partial charge in [0.1, 0.15) is 6.04 Å². The lowest BCUT2D eigenvalue weighted by molar-refractivity contribution is -0.138. The third-order valence-electron chi connectivity index (χ3n) is 3.79. The van der Waals surface area contributed by atoms with Crippen LogP contribution >= 0.6 is 0 Å². The van der Waals surface area contributed by atoms with E-state index in [1.165, 1.54) is 0 Å². The largest absolute Gasteiger partial charge is 0.480 e. The number of benzene rings is 2. The third kappa shape index (κ3) is 2.84. The van der Waals surface area contributed by atoms with Gasteiger partial charge in [0.05, 0.1) is 6.42 Å². The van der Waals surface area contributed by atoms with Crippen LogP contribution in [0.1, 0.15) is 11.1 Å². The van der Waals surface area contributed by atoms with Gasteiger partial charge < -0.3 is 16.2 Å². The van der Waals surface area contributed by atoms with E-state index in [-0.39, 0.29) is 5.91 Å². The van der Waals surface area contributed by atoms with Crippen molar-refractivity contribution in [2.75, 3.05) is 5.32 Å². The van der Waals surface area contributed by atoms with Gasteiger partial charge in [-0.25, -0.2) is 0 Å². The minimum Gasteiger partial charge on any atom is -0.480 e. The van der Waals surface area contributed by atoms with E-state index in [0.29, 0.717) is 12.8 Å². The highest BCUT2D eigenvalue weighted by Gasteiger charge is 2.17. The zero-order chi connectivity index (χ0) is 15.7. The highest BCUT2D eigenvalue weighted by atomic mass is 16.4. The molecular weight excluding hydrogens is 280 g/mol. The molecule has 4 N–H and O–H groups in total. The fraction of sp³-hybridized carbons (Fsp3) is 0.176. The molecule has 1 heterocycles. The van der Waals surface area contributed by atoms with Crippen molar-refractivity contribution in [3.8, 4) is 11.1 Å². The average Bonchev–Trinajstić information content (AvgIpc) is 2.87. The number of nitrogens with one attached hydrogen (secondary N) is 1. The van der Waals surface area contributed by atoms with E-state index in [0.717, 1.165) is 27.9 Å². The number of carbonyl (C=O) groups excluding carboxylic acids is 1. The van der Waals surface area contributed by atoms with Crippen molar-refractivity contribution in [2.45, 2.75) is 18.9 Å². The number of amides is 1. The molecule has 0 aliphatic carbocycles. The zero-order valence-corrected chi connectivity index (χ0v) is 11.9. The number of carbonyl (C=O) groups is 2. The molecule has 3 rings (SSSR count). The molecule has 0 saturated heterocycles. The number of hydrogen-bond acceptors (Lipinski definition) is 3. The summed E-state index contributed by atoms with van der Waals surface area (Å²) < 4.78 is 0. The van der Waals surface area contributed by atoms with Crippen molar-refractivity contribution in [3.63, 3.8) is 0 Å². The minimum absolute atomic E-state index is 0.0187. The fourth-order valence-corrected chi connectivity index (χ4v) is 2.58.